The highest BCUT2D eigenvalue weighted by molar-refractivity contribution is 6.01. The molecule has 5 nitrogen and oxygen atoms in total. The highest BCUT2D eigenvalue weighted by Crippen LogP contribution is 2.34. The molecule has 1 fully saturated rings. The van der Waals surface area contributed by atoms with Crippen LogP contribution in [0.1, 0.15) is 31.7 Å². The van der Waals surface area contributed by atoms with Crippen molar-refractivity contribution < 1.29 is 14.7 Å². The van der Waals surface area contributed by atoms with Gasteiger partial charge in [-0.15, -0.1) is 0 Å². The second kappa shape index (κ2) is 5.39. The van der Waals surface area contributed by atoms with E-state index in [1.165, 1.54) is 4.90 Å². The Morgan fingerprint density at radius 2 is 2.00 bits per heavy atom. The number of anilines is 1. The quantitative estimate of drug-likeness (QED) is 0.863. The molecule has 0 spiro atoms. The first-order valence-corrected chi connectivity index (χ1v) is 7.50. The highest BCUT2D eigenvalue weighted by Gasteiger charge is 2.41. The van der Waals surface area contributed by atoms with Gasteiger partial charge < -0.3 is 10.0 Å². The molecule has 3 rings (SSSR count). The molecular weight excluding hydrogens is 268 g/mol. The predicted molar refractivity (Wildman–Crippen MR) is 79.5 cm³/mol. The summed E-state index contributed by atoms with van der Waals surface area (Å²) in [6.45, 7) is 2.75. The summed E-state index contributed by atoms with van der Waals surface area (Å²) in [4.78, 5) is 27.7. The molecule has 2 aliphatic rings. The number of carbonyl (C=O) groups is 2. The van der Waals surface area contributed by atoms with Crippen LogP contribution in [0.2, 0.25) is 0 Å². The highest BCUT2D eigenvalue weighted by atomic mass is 16.4. The number of amides is 2. The predicted octanol–water partition coefficient (Wildman–Crippen LogP) is 2.50. The van der Waals surface area contributed by atoms with Crippen molar-refractivity contribution in [2.45, 2.75) is 44.7 Å². The number of carboxylic acids is 1. The van der Waals surface area contributed by atoms with E-state index in [9.17, 15) is 14.7 Å². The van der Waals surface area contributed by atoms with Crippen molar-refractivity contribution in [1.29, 1.82) is 0 Å². The fourth-order valence-electron chi connectivity index (χ4n) is 3.34. The standard InChI is InChI=1S/C16H20N2O3/c1-11-6-4-5-9-17(11)16(21)18-13-8-3-2-7-12(13)10-14(18)15(19)20/h2-3,7-8,11,14H,4-6,9-10H2,1H3,(H,19,20)/t11?,14-/m0/s1. The van der Waals surface area contributed by atoms with Crippen molar-refractivity contribution >= 4 is 17.7 Å². The minimum absolute atomic E-state index is 0.167. The Balaban J connectivity index is 1.93. The molecule has 0 aromatic heterocycles. The van der Waals surface area contributed by atoms with E-state index in [2.05, 4.69) is 0 Å². The summed E-state index contributed by atoms with van der Waals surface area (Å²) in [6, 6.07) is 6.69. The third-order valence-corrected chi connectivity index (χ3v) is 4.52. The van der Waals surface area contributed by atoms with E-state index in [-0.39, 0.29) is 12.1 Å². The zero-order valence-electron chi connectivity index (χ0n) is 12.2. The maximum atomic E-state index is 12.9. The number of rotatable bonds is 1. The van der Waals surface area contributed by atoms with Gasteiger partial charge in [-0.3, -0.25) is 4.90 Å². The monoisotopic (exact) mass is 288 g/mol. The Hall–Kier alpha value is -2.04. The van der Waals surface area contributed by atoms with E-state index in [0.717, 1.165) is 30.5 Å². The normalized spacial score (nSPS) is 24.8. The van der Waals surface area contributed by atoms with E-state index >= 15 is 0 Å². The number of carboxylic acid groups (broad SMARTS) is 1. The van der Waals surface area contributed by atoms with Crippen LogP contribution in [0.25, 0.3) is 0 Å². The van der Waals surface area contributed by atoms with Crippen LogP contribution in [0.3, 0.4) is 0 Å². The maximum absolute atomic E-state index is 12.9. The van der Waals surface area contributed by atoms with Gasteiger partial charge in [-0.05, 0) is 37.8 Å². The summed E-state index contributed by atoms with van der Waals surface area (Å²) in [7, 11) is 0. The number of fused-ring (bicyclic) bond motifs is 1. The molecule has 2 amide bonds. The minimum Gasteiger partial charge on any atom is -0.480 e. The molecule has 0 bridgehead atoms. The van der Waals surface area contributed by atoms with Crippen LogP contribution >= 0.6 is 0 Å². The van der Waals surface area contributed by atoms with Crippen LogP contribution in [0.5, 0.6) is 0 Å². The lowest BCUT2D eigenvalue weighted by Crippen LogP contribution is -2.53. The molecule has 0 saturated carbocycles. The molecule has 112 valence electrons. The Morgan fingerprint density at radius 3 is 2.71 bits per heavy atom. The topological polar surface area (TPSA) is 60.9 Å². The van der Waals surface area contributed by atoms with Crippen molar-refractivity contribution in [3.63, 3.8) is 0 Å². The second-order valence-corrected chi connectivity index (χ2v) is 5.88. The van der Waals surface area contributed by atoms with Gasteiger partial charge in [-0.1, -0.05) is 18.2 Å². The molecule has 5 heteroatoms. The Morgan fingerprint density at radius 1 is 1.24 bits per heavy atom. The summed E-state index contributed by atoms with van der Waals surface area (Å²) in [6.07, 6.45) is 3.49. The molecular formula is C16H20N2O3. The van der Waals surface area contributed by atoms with Gasteiger partial charge in [-0.25, -0.2) is 9.59 Å². The lowest BCUT2D eigenvalue weighted by molar-refractivity contribution is -0.138. The largest absolute Gasteiger partial charge is 0.480 e. The number of nitrogens with zero attached hydrogens (tertiary/aromatic N) is 2. The summed E-state index contributed by atoms with van der Waals surface area (Å²) in [5.74, 6) is -0.941. The number of hydrogen-bond donors (Lipinski definition) is 1. The van der Waals surface area contributed by atoms with Crippen molar-refractivity contribution in [2.75, 3.05) is 11.4 Å². The number of hydrogen-bond acceptors (Lipinski definition) is 2. The van der Waals surface area contributed by atoms with E-state index in [1.807, 2.05) is 36.1 Å². The van der Waals surface area contributed by atoms with Gasteiger partial charge in [0.05, 0.1) is 0 Å². The third-order valence-electron chi connectivity index (χ3n) is 4.52. The minimum atomic E-state index is -0.941. The molecule has 0 aliphatic carbocycles. The fourth-order valence-corrected chi connectivity index (χ4v) is 3.34. The molecule has 0 radical (unpaired) electrons. The van der Waals surface area contributed by atoms with E-state index in [0.29, 0.717) is 13.0 Å². The van der Waals surface area contributed by atoms with Crippen molar-refractivity contribution in [3.8, 4) is 0 Å². The van der Waals surface area contributed by atoms with Gasteiger partial charge in [0, 0.05) is 24.7 Å². The molecule has 2 atom stereocenters. The van der Waals surface area contributed by atoms with Crippen LogP contribution in [-0.2, 0) is 11.2 Å². The smallest absolute Gasteiger partial charge is 0.327 e. The first kappa shape index (κ1) is 13.9. The number of urea groups is 1. The molecule has 2 heterocycles. The number of carbonyl (C=O) groups excluding carboxylic acids is 1. The number of likely N-dealkylation sites (tertiary alicyclic amines) is 1. The van der Waals surface area contributed by atoms with Crippen LogP contribution in [0, 0.1) is 0 Å². The fraction of sp³-hybridized carbons (Fsp3) is 0.500. The third kappa shape index (κ3) is 2.37. The number of piperidine rings is 1. The average Bonchev–Trinajstić information content (AvgIpc) is 2.86. The molecule has 2 aliphatic heterocycles. The van der Waals surface area contributed by atoms with Crippen LogP contribution in [0.15, 0.2) is 24.3 Å². The lowest BCUT2D eigenvalue weighted by Gasteiger charge is -2.37. The zero-order chi connectivity index (χ0) is 15.0. The summed E-state index contributed by atoms with van der Waals surface area (Å²) < 4.78 is 0. The van der Waals surface area contributed by atoms with Gasteiger partial charge in [0.2, 0.25) is 0 Å². The molecule has 21 heavy (non-hydrogen) atoms. The molecule has 1 unspecified atom stereocenters. The first-order valence-electron chi connectivity index (χ1n) is 7.50. The van der Waals surface area contributed by atoms with E-state index < -0.39 is 12.0 Å². The Kier molecular flexibility index (Phi) is 3.57. The Labute approximate surface area is 124 Å². The number of aliphatic carboxylic acids is 1. The van der Waals surface area contributed by atoms with Crippen molar-refractivity contribution in [3.05, 3.63) is 29.8 Å². The molecule has 1 N–H and O–H groups in total. The maximum Gasteiger partial charge on any atom is 0.327 e. The number of benzene rings is 1. The Bertz CT molecular complexity index is 572. The molecule has 1 saturated heterocycles. The van der Waals surface area contributed by atoms with E-state index in [1.54, 1.807) is 0 Å². The second-order valence-electron chi connectivity index (χ2n) is 5.88. The van der Waals surface area contributed by atoms with Crippen LogP contribution in [0.4, 0.5) is 10.5 Å². The zero-order valence-corrected chi connectivity index (χ0v) is 12.2. The van der Waals surface area contributed by atoms with Crippen molar-refractivity contribution in [1.82, 2.24) is 4.90 Å². The van der Waals surface area contributed by atoms with E-state index in [4.69, 9.17) is 0 Å². The van der Waals surface area contributed by atoms with Gasteiger partial charge in [0.25, 0.3) is 0 Å². The van der Waals surface area contributed by atoms with Gasteiger partial charge >= 0.3 is 12.0 Å². The van der Waals surface area contributed by atoms with Gasteiger partial charge in [0.1, 0.15) is 6.04 Å². The number of para-hydroxylation sites is 1. The SMILES string of the molecule is CC1CCCCN1C(=O)N1c2ccccc2C[C@H]1C(=O)O. The molecule has 1 aromatic carbocycles. The van der Waals surface area contributed by atoms with Gasteiger partial charge in [0.15, 0.2) is 0 Å². The summed E-state index contributed by atoms with van der Waals surface area (Å²) >= 11 is 0. The van der Waals surface area contributed by atoms with Crippen LogP contribution in [-0.4, -0.2) is 40.6 Å². The summed E-state index contributed by atoms with van der Waals surface area (Å²) in [5.41, 5.74) is 1.68. The average molecular weight is 288 g/mol. The first-order chi connectivity index (χ1) is 10.1. The van der Waals surface area contributed by atoms with Crippen LogP contribution < -0.4 is 4.90 Å². The summed E-state index contributed by atoms with van der Waals surface area (Å²) in [5, 5.41) is 9.46. The molecule has 1 aromatic rings. The van der Waals surface area contributed by atoms with Gasteiger partial charge in [-0.2, -0.15) is 0 Å². The van der Waals surface area contributed by atoms with Crippen molar-refractivity contribution in [2.24, 2.45) is 0 Å². The lowest BCUT2D eigenvalue weighted by atomic mass is 10.0.